The average molecular weight is 260 g/mol. The first-order chi connectivity index (χ1) is 9.31. The molecule has 1 fully saturated rings. The van der Waals surface area contributed by atoms with Crippen LogP contribution in [0.2, 0.25) is 0 Å². The third kappa shape index (κ3) is 2.85. The van der Waals surface area contributed by atoms with Gasteiger partial charge in [-0.1, -0.05) is 12.1 Å². The molecule has 0 unspecified atom stereocenters. The van der Waals surface area contributed by atoms with Crippen molar-refractivity contribution in [2.45, 2.75) is 6.42 Å². The van der Waals surface area contributed by atoms with Gasteiger partial charge < -0.3 is 19.9 Å². The van der Waals surface area contributed by atoms with Crippen LogP contribution in [0.3, 0.4) is 0 Å². The highest BCUT2D eigenvalue weighted by Crippen LogP contribution is 2.15. The molecule has 1 aliphatic rings. The Hall–Kier alpha value is -2.08. The van der Waals surface area contributed by atoms with Crippen LogP contribution in [-0.2, 0) is 11.2 Å². The molecule has 2 aromatic rings. The first-order valence-electron chi connectivity index (χ1n) is 6.31. The molecule has 0 spiro atoms. The summed E-state index contributed by atoms with van der Waals surface area (Å²) in [6.07, 6.45) is 0.623. The highest BCUT2D eigenvalue weighted by atomic mass is 16.5. The summed E-state index contributed by atoms with van der Waals surface area (Å²) in [5.74, 6) is 1.26. The summed E-state index contributed by atoms with van der Waals surface area (Å²) in [7, 11) is 0. The van der Waals surface area contributed by atoms with E-state index in [-0.39, 0.29) is 0 Å². The first-order valence-corrected chi connectivity index (χ1v) is 6.31. The zero-order valence-corrected chi connectivity index (χ0v) is 10.6. The van der Waals surface area contributed by atoms with Gasteiger partial charge in [0.15, 0.2) is 0 Å². The largest absolute Gasteiger partial charge is 0.399 e. The number of benzene rings is 1. The number of nitrogens with two attached hydrogens (primary N) is 1. The maximum absolute atomic E-state index is 5.65. The molecule has 6 heteroatoms. The topological polar surface area (TPSA) is 77.4 Å². The normalized spacial score (nSPS) is 15.7. The number of rotatable bonds is 3. The highest BCUT2D eigenvalue weighted by molar-refractivity contribution is 5.40. The Labute approximate surface area is 111 Å². The molecule has 1 aromatic heterocycles. The summed E-state index contributed by atoms with van der Waals surface area (Å²) in [6, 6.07) is 7.67. The second-order valence-electron chi connectivity index (χ2n) is 4.51. The maximum atomic E-state index is 5.65. The van der Waals surface area contributed by atoms with Gasteiger partial charge in [-0.15, -0.1) is 0 Å². The first kappa shape index (κ1) is 12.0. The lowest BCUT2D eigenvalue weighted by Gasteiger charge is -2.24. The summed E-state index contributed by atoms with van der Waals surface area (Å²) >= 11 is 0. The molecule has 19 heavy (non-hydrogen) atoms. The fourth-order valence-corrected chi connectivity index (χ4v) is 2.02. The van der Waals surface area contributed by atoms with Crippen molar-refractivity contribution in [3.05, 3.63) is 35.7 Å². The minimum absolute atomic E-state index is 0.617. The van der Waals surface area contributed by atoms with E-state index < -0.39 is 0 Å². The second kappa shape index (κ2) is 5.27. The molecule has 3 rings (SSSR count). The molecule has 100 valence electrons. The van der Waals surface area contributed by atoms with Gasteiger partial charge >= 0.3 is 0 Å². The fourth-order valence-electron chi connectivity index (χ4n) is 2.02. The zero-order valence-electron chi connectivity index (χ0n) is 10.6. The summed E-state index contributed by atoms with van der Waals surface area (Å²) in [5, 5.41) is 4.01. The van der Waals surface area contributed by atoms with Crippen molar-refractivity contribution in [2.24, 2.45) is 0 Å². The van der Waals surface area contributed by atoms with Gasteiger partial charge in [-0.3, -0.25) is 0 Å². The van der Waals surface area contributed by atoms with Gasteiger partial charge in [-0.2, -0.15) is 4.98 Å². The number of ether oxygens (including phenoxy) is 1. The van der Waals surface area contributed by atoms with Gasteiger partial charge in [-0.05, 0) is 22.9 Å². The molecule has 0 aliphatic carbocycles. The molecule has 6 nitrogen and oxygen atoms in total. The maximum Gasteiger partial charge on any atom is 0.266 e. The Kier molecular flexibility index (Phi) is 3.33. The van der Waals surface area contributed by atoms with Crippen LogP contribution in [0, 0.1) is 0 Å². The van der Waals surface area contributed by atoms with E-state index in [0.29, 0.717) is 31.5 Å². The molecular weight excluding hydrogens is 244 g/mol. The quantitative estimate of drug-likeness (QED) is 0.832. The molecule has 0 bridgehead atoms. The number of morpholine rings is 1. The van der Waals surface area contributed by atoms with Crippen molar-refractivity contribution in [3.8, 4) is 0 Å². The predicted octanol–water partition coefficient (Wildman–Crippen LogP) is 1.08. The van der Waals surface area contributed by atoms with Crippen LogP contribution in [0.4, 0.5) is 11.6 Å². The Morgan fingerprint density at radius 1 is 1.16 bits per heavy atom. The van der Waals surface area contributed by atoms with E-state index in [9.17, 15) is 0 Å². The van der Waals surface area contributed by atoms with Gasteiger partial charge in [0.1, 0.15) is 0 Å². The number of anilines is 2. The van der Waals surface area contributed by atoms with Gasteiger partial charge in [0.2, 0.25) is 5.89 Å². The van der Waals surface area contributed by atoms with E-state index in [4.69, 9.17) is 15.0 Å². The Bertz CT molecular complexity index is 532. The molecule has 0 amide bonds. The molecule has 2 N–H and O–H groups in total. The lowest BCUT2D eigenvalue weighted by atomic mass is 10.1. The Morgan fingerprint density at radius 3 is 2.63 bits per heavy atom. The predicted molar refractivity (Wildman–Crippen MR) is 71.0 cm³/mol. The van der Waals surface area contributed by atoms with Crippen LogP contribution in [0.1, 0.15) is 11.5 Å². The number of hydrogen-bond acceptors (Lipinski definition) is 6. The monoisotopic (exact) mass is 260 g/mol. The number of nitrogens with zero attached hydrogens (tertiary/aromatic N) is 3. The Balaban J connectivity index is 1.68. The molecule has 1 saturated heterocycles. The SMILES string of the molecule is Nc1ccc(Cc2nc(N3CCOCC3)no2)cc1. The van der Waals surface area contributed by atoms with Gasteiger partial charge in [0, 0.05) is 18.8 Å². The number of hydrogen-bond donors (Lipinski definition) is 1. The molecule has 1 aromatic carbocycles. The summed E-state index contributed by atoms with van der Waals surface area (Å²) < 4.78 is 10.6. The van der Waals surface area contributed by atoms with E-state index in [0.717, 1.165) is 24.3 Å². The second-order valence-corrected chi connectivity index (χ2v) is 4.51. The van der Waals surface area contributed by atoms with Crippen LogP contribution >= 0.6 is 0 Å². The third-order valence-electron chi connectivity index (χ3n) is 3.09. The van der Waals surface area contributed by atoms with Crippen molar-refractivity contribution in [1.82, 2.24) is 10.1 Å². The number of aromatic nitrogens is 2. The lowest BCUT2D eigenvalue weighted by molar-refractivity contribution is 0.121. The third-order valence-corrected chi connectivity index (χ3v) is 3.09. The van der Waals surface area contributed by atoms with Crippen LogP contribution in [0.5, 0.6) is 0 Å². The molecule has 0 saturated carbocycles. The van der Waals surface area contributed by atoms with Crippen molar-refractivity contribution in [2.75, 3.05) is 36.9 Å². The van der Waals surface area contributed by atoms with Crippen LogP contribution in [0.25, 0.3) is 0 Å². The minimum atomic E-state index is 0.617. The van der Waals surface area contributed by atoms with E-state index in [1.807, 2.05) is 24.3 Å². The summed E-state index contributed by atoms with van der Waals surface area (Å²) in [6.45, 7) is 3.03. The molecule has 2 heterocycles. The Morgan fingerprint density at radius 2 is 1.89 bits per heavy atom. The summed E-state index contributed by atoms with van der Waals surface area (Å²) in [4.78, 5) is 6.48. The summed E-state index contributed by atoms with van der Waals surface area (Å²) in [5.41, 5.74) is 7.51. The van der Waals surface area contributed by atoms with Gasteiger partial charge in [-0.25, -0.2) is 0 Å². The van der Waals surface area contributed by atoms with Crippen LogP contribution in [0.15, 0.2) is 28.8 Å². The minimum Gasteiger partial charge on any atom is -0.399 e. The van der Waals surface area contributed by atoms with Crippen molar-refractivity contribution >= 4 is 11.6 Å². The van der Waals surface area contributed by atoms with Crippen LogP contribution < -0.4 is 10.6 Å². The molecular formula is C13H16N4O2. The van der Waals surface area contributed by atoms with Crippen molar-refractivity contribution in [3.63, 3.8) is 0 Å². The van der Waals surface area contributed by atoms with E-state index in [1.54, 1.807) is 0 Å². The van der Waals surface area contributed by atoms with Crippen molar-refractivity contribution < 1.29 is 9.26 Å². The standard InChI is InChI=1S/C13H16N4O2/c14-11-3-1-10(2-4-11)9-12-15-13(16-19-12)17-5-7-18-8-6-17/h1-4H,5-9,14H2. The average Bonchev–Trinajstić information content (AvgIpc) is 2.91. The molecule has 0 atom stereocenters. The highest BCUT2D eigenvalue weighted by Gasteiger charge is 2.17. The number of nitrogen functional groups attached to an aromatic ring is 1. The van der Waals surface area contributed by atoms with E-state index in [1.165, 1.54) is 0 Å². The van der Waals surface area contributed by atoms with E-state index >= 15 is 0 Å². The van der Waals surface area contributed by atoms with Gasteiger partial charge in [0.25, 0.3) is 5.95 Å². The van der Waals surface area contributed by atoms with Crippen LogP contribution in [-0.4, -0.2) is 36.4 Å². The van der Waals surface area contributed by atoms with Gasteiger partial charge in [0.05, 0.1) is 19.6 Å². The van der Waals surface area contributed by atoms with Crippen molar-refractivity contribution in [1.29, 1.82) is 0 Å². The zero-order chi connectivity index (χ0) is 13.1. The van der Waals surface area contributed by atoms with E-state index in [2.05, 4.69) is 15.0 Å². The lowest BCUT2D eigenvalue weighted by Crippen LogP contribution is -2.36. The molecule has 1 aliphatic heterocycles. The molecule has 0 radical (unpaired) electrons. The fraction of sp³-hybridized carbons (Fsp3) is 0.385. The smallest absolute Gasteiger partial charge is 0.266 e.